The van der Waals surface area contributed by atoms with Crippen molar-refractivity contribution in [1.82, 2.24) is 0 Å². The maximum atomic E-state index is 12.5. The molecule has 11 heavy (non-hydrogen) atoms. The number of benzene rings is 1. The summed E-state index contributed by atoms with van der Waals surface area (Å²) in [4.78, 5) is 0. The van der Waals surface area contributed by atoms with Gasteiger partial charge in [-0.2, -0.15) is 0 Å². The fourth-order valence-electron chi connectivity index (χ4n) is 0.764. The summed E-state index contributed by atoms with van der Waals surface area (Å²) in [5.74, 6) is 1.17. The van der Waals surface area contributed by atoms with E-state index in [0.29, 0.717) is 0 Å². The zero-order chi connectivity index (χ0) is 8.10. The van der Waals surface area contributed by atoms with Crippen molar-refractivity contribution in [2.45, 2.75) is 0 Å². The molecule has 0 aliphatic rings. The lowest BCUT2D eigenvalue weighted by Crippen LogP contribution is -1.79. The SMILES string of the molecule is O[B]/C=C/c1cccc(F)c1. The lowest BCUT2D eigenvalue weighted by atomic mass is 10.0. The first kappa shape index (κ1) is 8.02. The van der Waals surface area contributed by atoms with Crippen molar-refractivity contribution in [2.24, 2.45) is 0 Å². The van der Waals surface area contributed by atoms with Crippen molar-refractivity contribution in [3.63, 3.8) is 0 Å². The average Bonchev–Trinajstić information content (AvgIpc) is 2.01. The summed E-state index contributed by atoms with van der Waals surface area (Å²) in [5.41, 5.74) is 0.732. The van der Waals surface area contributed by atoms with E-state index in [1.807, 2.05) is 0 Å². The van der Waals surface area contributed by atoms with Gasteiger partial charge in [0, 0.05) is 0 Å². The van der Waals surface area contributed by atoms with E-state index in [9.17, 15) is 4.39 Å². The van der Waals surface area contributed by atoms with Crippen LogP contribution in [0.1, 0.15) is 5.56 Å². The zero-order valence-electron chi connectivity index (χ0n) is 5.87. The molecular weight excluding hydrogens is 142 g/mol. The highest BCUT2D eigenvalue weighted by molar-refractivity contribution is 6.33. The maximum Gasteiger partial charge on any atom is 0.318 e. The molecule has 0 heterocycles. The number of rotatable bonds is 2. The van der Waals surface area contributed by atoms with E-state index in [0.717, 1.165) is 13.0 Å². The first-order chi connectivity index (χ1) is 5.33. The minimum absolute atomic E-state index is 0.273. The Hall–Kier alpha value is -1.09. The summed E-state index contributed by atoms with van der Waals surface area (Å²) in [6.07, 6.45) is 1.61. The Morgan fingerprint density at radius 2 is 2.27 bits per heavy atom. The smallest absolute Gasteiger partial charge is 0.318 e. The summed E-state index contributed by atoms with van der Waals surface area (Å²) in [6.45, 7) is 0. The molecule has 1 aromatic carbocycles. The lowest BCUT2D eigenvalue weighted by molar-refractivity contribution is 0.614. The van der Waals surface area contributed by atoms with Gasteiger partial charge in [0.05, 0.1) is 0 Å². The Balaban J connectivity index is 2.79. The molecule has 0 amide bonds. The summed E-state index contributed by atoms with van der Waals surface area (Å²) in [6, 6.07) is 6.13. The Labute approximate surface area is 65.5 Å². The number of hydrogen-bond donors (Lipinski definition) is 1. The van der Waals surface area contributed by atoms with Crippen LogP contribution >= 0.6 is 0 Å². The minimum atomic E-state index is -0.273. The zero-order valence-corrected chi connectivity index (χ0v) is 5.87. The van der Waals surface area contributed by atoms with Crippen molar-refractivity contribution in [2.75, 3.05) is 0 Å². The molecule has 0 aromatic heterocycles. The monoisotopic (exact) mass is 149 g/mol. The van der Waals surface area contributed by atoms with Crippen LogP contribution in [0.3, 0.4) is 0 Å². The molecule has 1 N–H and O–H groups in total. The molecule has 0 bridgehead atoms. The highest BCUT2D eigenvalue weighted by atomic mass is 19.1. The predicted octanol–water partition coefficient (Wildman–Crippen LogP) is 1.41. The molecule has 0 aliphatic carbocycles. The molecule has 0 saturated carbocycles. The second kappa shape index (κ2) is 3.93. The topological polar surface area (TPSA) is 20.2 Å². The molecule has 1 aromatic rings. The molecule has 1 rings (SSSR count). The van der Waals surface area contributed by atoms with Crippen molar-refractivity contribution in [3.8, 4) is 0 Å². The van der Waals surface area contributed by atoms with Crippen LogP contribution in [-0.2, 0) is 0 Å². The molecule has 3 heteroatoms. The Bertz CT molecular complexity index is 260. The highest BCUT2D eigenvalue weighted by Gasteiger charge is 1.88. The normalized spacial score (nSPS) is 10.4. The number of halogens is 1. The van der Waals surface area contributed by atoms with Crippen LogP contribution in [0.2, 0.25) is 0 Å². The van der Waals surface area contributed by atoms with Gasteiger partial charge >= 0.3 is 7.48 Å². The van der Waals surface area contributed by atoms with Gasteiger partial charge in [-0.15, -0.1) is 0 Å². The summed E-state index contributed by atoms with van der Waals surface area (Å²) in [5, 5.41) is 8.29. The predicted molar refractivity (Wildman–Crippen MR) is 43.4 cm³/mol. The van der Waals surface area contributed by atoms with Gasteiger partial charge in [-0.3, -0.25) is 0 Å². The van der Waals surface area contributed by atoms with Gasteiger partial charge in [-0.1, -0.05) is 24.2 Å². The van der Waals surface area contributed by atoms with Crippen LogP contribution in [0.5, 0.6) is 0 Å². The fourth-order valence-corrected chi connectivity index (χ4v) is 0.764. The summed E-state index contributed by atoms with van der Waals surface area (Å²) in [7, 11) is 0.908. The minimum Gasteiger partial charge on any atom is -0.450 e. The fraction of sp³-hybridized carbons (Fsp3) is 0. The third-order valence-electron chi connectivity index (χ3n) is 1.22. The van der Waals surface area contributed by atoms with E-state index >= 15 is 0 Å². The first-order valence-electron chi connectivity index (χ1n) is 3.22. The second-order valence-electron chi connectivity index (χ2n) is 2.06. The Morgan fingerprint density at radius 1 is 1.45 bits per heavy atom. The van der Waals surface area contributed by atoms with Crippen molar-refractivity contribution in [3.05, 3.63) is 41.6 Å². The second-order valence-corrected chi connectivity index (χ2v) is 2.06. The van der Waals surface area contributed by atoms with Crippen LogP contribution < -0.4 is 0 Å². The van der Waals surface area contributed by atoms with E-state index in [4.69, 9.17) is 5.02 Å². The standard InChI is InChI=1S/C8H7BFO/c10-8-3-1-2-7(6-8)4-5-9-11/h1-6,11H/b5-4+. The Morgan fingerprint density at radius 3 is 2.91 bits per heavy atom. The van der Waals surface area contributed by atoms with Crippen molar-refractivity contribution >= 4 is 13.6 Å². The van der Waals surface area contributed by atoms with E-state index in [1.165, 1.54) is 18.1 Å². The molecule has 0 aliphatic heterocycles. The van der Waals surface area contributed by atoms with Gasteiger partial charge in [-0.25, -0.2) is 4.39 Å². The summed E-state index contributed by atoms with van der Waals surface area (Å²) < 4.78 is 12.5. The molecule has 1 nitrogen and oxygen atoms in total. The van der Waals surface area contributed by atoms with Crippen LogP contribution in [-0.4, -0.2) is 12.5 Å². The molecule has 0 unspecified atom stereocenters. The highest BCUT2D eigenvalue weighted by Crippen LogP contribution is 2.04. The molecule has 0 saturated heterocycles. The van der Waals surface area contributed by atoms with Gasteiger partial charge in [0.25, 0.3) is 0 Å². The Kier molecular flexibility index (Phi) is 2.87. The average molecular weight is 149 g/mol. The van der Waals surface area contributed by atoms with E-state index in [-0.39, 0.29) is 5.82 Å². The van der Waals surface area contributed by atoms with Crippen molar-refractivity contribution < 1.29 is 9.41 Å². The van der Waals surface area contributed by atoms with E-state index in [1.54, 1.807) is 18.2 Å². The van der Waals surface area contributed by atoms with Crippen LogP contribution in [0.15, 0.2) is 30.2 Å². The molecule has 0 spiro atoms. The third-order valence-corrected chi connectivity index (χ3v) is 1.22. The van der Waals surface area contributed by atoms with Gasteiger partial charge in [0.15, 0.2) is 0 Å². The molecule has 0 fully saturated rings. The third kappa shape index (κ3) is 2.56. The number of hydrogen-bond acceptors (Lipinski definition) is 1. The lowest BCUT2D eigenvalue weighted by Gasteiger charge is -1.91. The molecule has 0 atom stereocenters. The van der Waals surface area contributed by atoms with Gasteiger partial charge < -0.3 is 5.02 Å². The van der Waals surface area contributed by atoms with Crippen LogP contribution in [0.25, 0.3) is 6.08 Å². The van der Waals surface area contributed by atoms with Crippen molar-refractivity contribution in [1.29, 1.82) is 0 Å². The van der Waals surface area contributed by atoms with Gasteiger partial charge in [-0.05, 0) is 17.7 Å². The van der Waals surface area contributed by atoms with Gasteiger partial charge in [0.2, 0.25) is 0 Å². The van der Waals surface area contributed by atoms with Gasteiger partial charge in [0.1, 0.15) is 5.82 Å². The largest absolute Gasteiger partial charge is 0.450 e. The molecular formula is C8H7BFO. The molecule has 55 valence electrons. The van der Waals surface area contributed by atoms with E-state index in [2.05, 4.69) is 0 Å². The summed E-state index contributed by atoms with van der Waals surface area (Å²) >= 11 is 0. The quantitative estimate of drug-likeness (QED) is 0.630. The van der Waals surface area contributed by atoms with Crippen LogP contribution in [0, 0.1) is 5.82 Å². The van der Waals surface area contributed by atoms with E-state index < -0.39 is 0 Å². The first-order valence-corrected chi connectivity index (χ1v) is 3.22. The van der Waals surface area contributed by atoms with Crippen LogP contribution in [0.4, 0.5) is 4.39 Å². The maximum absolute atomic E-state index is 12.5. The molecule has 1 radical (unpaired) electrons.